The molecule has 0 aliphatic heterocycles. The minimum absolute atomic E-state index is 0.00582. The van der Waals surface area contributed by atoms with E-state index in [9.17, 15) is 14.0 Å². The van der Waals surface area contributed by atoms with Gasteiger partial charge in [-0.25, -0.2) is 14.2 Å². The lowest BCUT2D eigenvalue weighted by Gasteiger charge is -2.10. The van der Waals surface area contributed by atoms with Crippen molar-refractivity contribution in [2.75, 3.05) is 11.9 Å². The van der Waals surface area contributed by atoms with Crippen LogP contribution in [0.3, 0.4) is 0 Å². The van der Waals surface area contributed by atoms with Gasteiger partial charge in [0.2, 0.25) is 0 Å². The standard InChI is InChI=1S/C22H14BrFN2O4/c23-13-7-8-18(16(24)10-13)26-21(27)12-30-22(28)15-11-19(20-6-3-9-29-20)25-17-5-2-1-4-14(15)17/h1-11H,12H2,(H,26,27). The van der Waals surface area contributed by atoms with Crippen LogP contribution in [0.25, 0.3) is 22.4 Å². The molecule has 4 rings (SSSR count). The first kappa shape index (κ1) is 19.8. The van der Waals surface area contributed by atoms with Gasteiger partial charge in [0.25, 0.3) is 5.91 Å². The summed E-state index contributed by atoms with van der Waals surface area (Å²) in [5.41, 5.74) is 1.29. The number of aromatic nitrogens is 1. The summed E-state index contributed by atoms with van der Waals surface area (Å²) in [6, 6.07) is 16.3. The van der Waals surface area contributed by atoms with Crippen LogP contribution < -0.4 is 5.32 Å². The molecule has 30 heavy (non-hydrogen) atoms. The van der Waals surface area contributed by atoms with Crippen LogP contribution in [0, 0.1) is 5.82 Å². The third kappa shape index (κ3) is 4.23. The molecule has 0 bridgehead atoms. The Hall–Kier alpha value is -3.52. The molecule has 6 nitrogen and oxygen atoms in total. The number of halogens is 2. The third-order valence-corrected chi connectivity index (χ3v) is 4.74. The number of furan rings is 1. The highest BCUT2D eigenvalue weighted by Crippen LogP contribution is 2.26. The molecule has 1 N–H and O–H groups in total. The Balaban J connectivity index is 1.53. The number of carbonyl (C=O) groups excluding carboxylic acids is 2. The lowest BCUT2D eigenvalue weighted by atomic mass is 10.1. The average Bonchev–Trinajstić information content (AvgIpc) is 3.28. The second kappa shape index (κ2) is 8.46. The molecule has 0 fully saturated rings. The molecule has 4 aromatic rings. The summed E-state index contributed by atoms with van der Waals surface area (Å²) in [6.45, 7) is -0.568. The van der Waals surface area contributed by atoms with Gasteiger partial charge < -0.3 is 14.5 Å². The molecule has 1 amide bonds. The summed E-state index contributed by atoms with van der Waals surface area (Å²) in [5.74, 6) is -1.47. The minimum atomic E-state index is -0.701. The molecule has 0 saturated carbocycles. The fraction of sp³-hybridized carbons (Fsp3) is 0.0455. The van der Waals surface area contributed by atoms with E-state index < -0.39 is 24.3 Å². The highest BCUT2D eigenvalue weighted by molar-refractivity contribution is 9.10. The number of ether oxygens (including phenoxy) is 1. The summed E-state index contributed by atoms with van der Waals surface area (Å²) in [4.78, 5) is 29.3. The van der Waals surface area contributed by atoms with Crippen LogP contribution in [0.5, 0.6) is 0 Å². The molecule has 0 radical (unpaired) electrons. The summed E-state index contributed by atoms with van der Waals surface area (Å²) in [5, 5.41) is 2.96. The first-order chi connectivity index (χ1) is 14.5. The number of nitrogens with zero attached hydrogens (tertiary/aromatic N) is 1. The number of benzene rings is 2. The number of amides is 1. The molecule has 8 heteroatoms. The second-order valence-corrected chi connectivity index (χ2v) is 7.21. The van der Waals surface area contributed by atoms with Gasteiger partial charge in [0.15, 0.2) is 12.4 Å². The Morgan fingerprint density at radius 2 is 1.93 bits per heavy atom. The Bertz CT molecular complexity index is 1240. The summed E-state index contributed by atoms with van der Waals surface area (Å²) < 4.78 is 24.9. The molecular weight excluding hydrogens is 455 g/mol. The maximum absolute atomic E-state index is 13.9. The van der Waals surface area contributed by atoms with Crippen LogP contribution in [0.15, 0.2) is 75.8 Å². The number of carbonyl (C=O) groups is 2. The number of esters is 1. The van der Waals surface area contributed by atoms with E-state index in [1.54, 1.807) is 48.5 Å². The van der Waals surface area contributed by atoms with E-state index in [0.717, 1.165) is 0 Å². The Kier molecular flexibility index (Phi) is 5.58. The number of para-hydroxylation sites is 1. The fourth-order valence-electron chi connectivity index (χ4n) is 2.88. The van der Waals surface area contributed by atoms with Gasteiger partial charge in [-0.1, -0.05) is 34.1 Å². The van der Waals surface area contributed by atoms with Crippen LogP contribution >= 0.6 is 15.9 Å². The van der Waals surface area contributed by atoms with Crippen LogP contribution in [-0.2, 0) is 9.53 Å². The quantitative estimate of drug-likeness (QED) is 0.407. The van der Waals surface area contributed by atoms with Gasteiger partial charge in [-0.2, -0.15) is 0 Å². The van der Waals surface area contributed by atoms with Gasteiger partial charge in [-0.15, -0.1) is 0 Å². The number of fused-ring (bicyclic) bond motifs is 1. The van der Waals surface area contributed by atoms with E-state index in [4.69, 9.17) is 9.15 Å². The van der Waals surface area contributed by atoms with Crippen LogP contribution in [-0.4, -0.2) is 23.5 Å². The van der Waals surface area contributed by atoms with E-state index in [1.165, 1.54) is 18.4 Å². The van der Waals surface area contributed by atoms with Crippen molar-refractivity contribution in [1.29, 1.82) is 0 Å². The molecular formula is C22H14BrFN2O4. The first-order valence-electron chi connectivity index (χ1n) is 8.87. The Morgan fingerprint density at radius 1 is 1.10 bits per heavy atom. The average molecular weight is 469 g/mol. The summed E-state index contributed by atoms with van der Waals surface area (Å²) >= 11 is 3.14. The minimum Gasteiger partial charge on any atom is -0.463 e. The zero-order valence-electron chi connectivity index (χ0n) is 15.4. The molecule has 0 spiro atoms. The van der Waals surface area contributed by atoms with E-state index in [-0.39, 0.29) is 11.3 Å². The monoisotopic (exact) mass is 468 g/mol. The number of hydrogen-bond acceptors (Lipinski definition) is 5. The largest absolute Gasteiger partial charge is 0.463 e. The van der Waals surface area contributed by atoms with Crippen molar-refractivity contribution in [3.05, 3.63) is 82.8 Å². The lowest BCUT2D eigenvalue weighted by Crippen LogP contribution is -2.21. The van der Waals surface area contributed by atoms with Crippen molar-refractivity contribution in [3.8, 4) is 11.5 Å². The van der Waals surface area contributed by atoms with E-state index in [0.29, 0.717) is 26.8 Å². The Morgan fingerprint density at radius 3 is 2.70 bits per heavy atom. The van der Waals surface area contributed by atoms with Gasteiger partial charge in [0, 0.05) is 9.86 Å². The highest BCUT2D eigenvalue weighted by atomic mass is 79.9. The molecule has 0 saturated heterocycles. The normalized spacial score (nSPS) is 10.7. The van der Waals surface area contributed by atoms with E-state index in [1.807, 2.05) is 0 Å². The smallest absolute Gasteiger partial charge is 0.339 e. The van der Waals surface area contributed by atoms with Crippen molar-refractivity contribution >= 4 is 44.4 Å². The SMILES string of the molecule is O=C(COC(=O)c1cc(-c2ccco2)nc2ccccc12)Nc1ccc(Br)cc1F. The second-order valence-electron chi connectivity index (χ2n) is 6.30. The van der Waals surface area contributed by atoms with Gasteiger partial charge in [0.05, 0.1) is 23.0 Å². The molecule has 2 heterocycles. The Labute approximate surface area is 178 Å². The maximum atomic E-state index is 13.9. The van der Waals surface area contributed by atoms with Crippen molar-refractivity contribution in [2.45, 2.75) is 0 Å². The summed E-state index contributed by atoms with van der Waals surface area (Å²) in [6.07, 6.45) is 1.51. The van der Waals surface area contributed by atoms with Crippen molar-refractivity contribution in [2.24, 2.45) is 0 Å². The number of hydrogen-bond donors (Lipinski definition) is 1. The fourth-order valence-corrected chi connectivity index (χ4v) is 3.21. The topological polar surface area (TPSA) is 81.4 Å². The lowest BCUT2D eigenvalue weighted by molar-refractivity contribution is -0.119. The van der Waals surface area contributed by atoms with Crippen molar-refractivity contribution < 1.29 is 23.1 Å². The van der Waals surface area contributed by atoms with Gasteiger partial charge in [-0.05, 0) is 42.5 Å². The van der Waals surface area contributed by atoms with Gasteiger partial charge >= 0.3 is 5.97 Å². The zero-order chi connectivity index (χ0) is 21.1. The number of rotatable bonds is 5. The van der Waals surface area contributed by atoms with E-state index >= 15 is 0 Å². The van der Waals surface area contributed by atoms with Gasteiger partial charge in [0.1, 0.15) is 11.5 Å². The molecule has 0 aliphatic carbocycles. The third-order valence-electron chi connectivity index (χ3n) is 4.25. The molecule has 150 valence electrons. The van der Waals surface area contributed by atoms with E-state index in [2.05, 4.69) is 26.2 Å². The van der Waals surface area contributed by atoms with Crippen LogP contribution in [0.4, 0.5) is 10.1 Å². The number of anilines is 1. The molecule has 0 aliphatic rings. The first-order valence-corrected chi connectivity index (χ1v) is 9.66. The predicted molar refractivity (Wildman–Crippen MR) is 112 cm³/mol. The van der Waals surface area contributed by atoms with Crippen molar-refractivity contribution in [3.63, 3.8) is 0 Å². The predicted octanol–water partition coefficient (Wildman–Crippen LogP) is 5.19. The van der Waals surface area contributed by atoms with Crippen molar-refractivity contribution in [1.82, 2.24) is 4.98 Å². The number of pyridine rings is 1. The number of nitrogens with one attached hydrogen (secondary N) is 1. The van der Waals surface area contributed by atoms with Gasteiger partial charge in [-0.3, -0.25) is 4.79 Å². The molecule has 0 unspecified atom stereocenters. The van der Waals surface area contributed by atoms with Crippen LogP contribution in [0.1, 0.15) is 10.4 Å². The summed E-state index contributed by atoms with van der Waals surface area (Å²) in [7, 11) is 0. The zero-order valence-corrected chi connectivity index (χ0v) is 17.0. The molecule has 0 atom stereocenters. The highest BCUT2D eigenvalue weighted by Gasteiger charge is 2.18. The van der Waals surface area contributed by atoms with Crippen LogP contribution in [0.2, 0.25) is 0 Å². The molecule has 2 aromatic heterocycles. The molecule has 2 aromatic carbocycles. The maximum Gasteiger partial charge on any atom is 0.339 e.